The van der Waals surface area contributed by atoms with Gasteiger partial charge in [0.05, 0.1) is 6.61 Å². The van der Waals surface area contributed by atoms with Crippen molar-refractivity contribution in [1.29, 1.82) is 0 Å². The quantitative estimate of drug-likeness (QED) is 0.750. The lowest BCUT2D eigenvalue weighted by Crippen LogP contribution is -2.12. The summed E-state index contributed by atoms with van der Waals surface area (Å²) in [7, 11) is 0. The van der Waals surface area contributed by atoms with Crippen molar-refractivity contribution >= 4 is 22.9 Å². The molecule has 3 rings (SSSR count). The van der Waals surface area contributed by atoms with Crippen molar-refractivity contribution < 1.29 is 9.90 Å². The molecule has 0 aliphatic heterocycles. The molecule has 122 valence electrons. The molecular formula is C19H18N2O2S. The SMILES string of the molecule is Cc1ccc(-c2nc(C(=O)Nc3cccc(CO)c3)cs2)c(C)c1. The van der Waals surface area contributed by atoms with Crippen molar-refractivity contribution in [2.75, 3.05) is 5.32 Å². The van der Waals surface area contributed by atoms with Crippen LogP contribution >= 0.6 is 11.3 Å². The maximum atomic E-state index is 12.4. The average molecular weight is 338 g/mol. The van der Waals surface area contributed by atoms with Crippen molar-refractivity contribution in [3.8, 4) is 10.6 Å². The molecule has 3 aromatic rings. The summed E-state index contributed by atoms with van der Waals surface area (Å²) >= 11 is 1.46. The fraction of sp³-hybridized carbons (Fsp3) is 0.158. The van der Waals surface area contributed by atoms with E-state index >= 15 is 0 Å². The fourth-order valence-electron chi connectivity index (χ4n) is 2.50. The molecule has 0 unspecified atom stereocenters. The molecule has 0 aliphatic carbocycles. The zero-order valence-electron chi connectivity index (χ0n) is 13.5. The van der Waals surface area contributed by atoms with Crippen molar-refractivity contribution in [2.24, 2.45) is 0 Å². The summed E-state index contributed by atoms with van der Waals surface area (Å²) in [5.74, 6) is -0.252. The molecule has 1 amide bonds. The van der Waals surface area contributed by atoms with Crippen LogP contribution < -0.4 is 5.32 Å². The van der Waals surface area contributed by atoms with Gasteiger partial charge in [0, 0.05) is 16.6 Å². The predicted octanol–water partition coefficient (Wildman–Crippen LogP) is 4.17. The summed E-state index contributed by atoms with van der Waals surface area (Å²) in [5, 5.41) is 14.6. The number of aliphatic hydroxyl groups is 1. The Kier molecular flexibility index (Phi) is 4.74. The van der Waals surface area contributed by atoms with Crippen LogP contribution in [0.25, 0.3) is 10.6 Å². The molecule has 2 aromatic carbocycles. The van der Waals surface area contributed by atoms with Crippen molar-refractivity contribution in [3.63, 3.8) is 0 Å². The van der Waals surface area contributed by atoms with E-state index in [9.17, 15) is 4.79 Å². The Hall–Kier alpha value is -2.50. The van der Waals surface area contributed by atoms with E-state index in [0.717, 1.165) is 21.7 Å². The molecule has 1 heterocycles. The third kappa shape index (κ3) is 3.53. The number of thiazole rings is 1. The number of nitrogens with zero attached hydrogens (tertiary/aromatic N) is 1. The summed E-state index contributed by atoms with van der Waals surface area (Å²) in [6.45, 7) is 4.04. The maximum absolute atomic E-state index is 12.4. The molecule has 2 N–H and O–H groups in total. The van der Waals surface area contributed by atoms with Crippen LogP contribution in [0.3, 0.4) is 0 Å². The van der Waals surface area contributed by atoms with Gasteiger partial charge in [0.1, 0.15) is 10.7 Å². The first-order valence-electron chi connectivity index (χ1n) is 7.61. The van der Waals surface area contributed by atoms with E-state index in [4.69, 9.17) is 5.11 Å². The number of carbonyl (C=O) groups excluding carboxylic acids is 1. The largest absolute Gasteiger partial charge is 0.392 e. The highest BCUT2D eigenvalue weighted by molar-refractivity contribution is 7.13. The Morgan fingerprint density at radius 2 is 2.04 bits per heavy atom. The van der Waals surface area contributed by atoms with E-state index in [0.29, 0.717) is 11.4 Å². The number of aromatic nitrogens is 1. The molecule has 0 atom stereocenters. The number of aliphatic hydroxyl groups excluding tert-OH is 1. The number of benzene rings is 2. The lowest BCUT2D eigenvalue weighted by Gasteiger charge is -2.05. The highest BCUT2D eigenvalue weighted by atomic mass is 32.1. The number of rotatable bonds is 4. The van der Waals surface area contributed by atoms with Crippen LogP contribution in [0.2, 0.25) is 0 Å². The summed E-state index contributed by atoms with van der Waals surface area (Å²) in [4.78, 5) is 16.8. The van der Waals surface area contributed by atoms with Crippen LogP contribution in [0, 0.1) is 13.8 Å². The summed E-state index contributed by atoms with van der Waals surface area (Å²) in [6.07, 6.45) is 0. The van der Waals surface area contributed by atoms with Gasteiger partial charge < -0.3 is 10.4 Å². The molecule has 0 saturated carbocycles. The van der Waals surface area contributed by atoms with Gasteiger partial charge in [-0.3, -0.25) is 4.79 Å². The first-order chi connectivity index (χ1) is 11.6. The number of carbonyl (C=O) groups is 1. The molecule has 0 bridgehead atoms. The van der Waals surface area contributed by atoms with Gasteiger partial charge in [0.2, 0.25) is 0 Å². The van der Waals surface area contributed by atoms with Crippen LogP contribution in [0.5, 0.6) is 0 Å². The maximum Gasteiger partial charge on any atom is 0.275 e. The number of anilines is 1. The van der Waals surface area contributed by atoms with Crippen molar-refractivity contribution in [2.45, 2.75) is 20.5 Å². The van der Waals surface area contributed by atoms with Crippen molar-refractivity contribution in [1.82, 2.24) is 4.98 Å². The third-order valence-corrected chi connectivity index (χ3v) is 4.59. The Morgan fingerprint density at radius 1 is 1.21 bits per heavy atom. The predicted molar refractivity (Wildman–Crippen MR) is 97.3 cm³/mol. The smallest absolute Gasteiger partial charge is 0.275 e. The van der Waals surface area contributed by atoms with Crippen LogP contribution in [-0.2, 0) is 6.61 Å². The van der Waals surface area contributed by atoms with Gasteiger partial charge in [-0.15, -0.1) is 11.3 Å². The standard InChI is InChI=1S/C19H18N2O2S/c1-12-6-7-16(13(2)8-12)19-21-17(11-24-19)18(23)20-15-5-3-4-14(9-15)10-22/h3-9,11,22H,10H2,1-2H3,(H,20,23). The highest BCUT2D eigenvalue weighted by Gasteiger charge is 2.13. The Morgan fingerprint density at radius 3 is 2.79 bits per heavy atom. The molecule has 1 aromatic heterocycles. The summed E-state index contributed by atoms with van der Waals surface area (Å²) in [6, 6.07) is 13.3. The first kappa shape index (κ1) is 16.4. The second-order valence-electron chi connectivity index (χ2n) is 5.67. The van der Waals surface area contributed by atoms with E-state index in [1.165, 1.54) is 16.9 Å². The molecular weight excluding hydrogens is 320 g/mol. The molecule has 0 spiro atoms. The second-order valence-corrected chi connectivity index (χ2v) is 6.53. The number of hydrogen-bond donors (Lipinski definition) is 2. The zero-order valence-corrected chi connectivity index (χ0v) is 14.4. The van der Waals surface area contributed by atoms with E-state index in [2.05, 4.69) is 23.3 Å². The molecule has 0 radical (unpaired) electrons. The average Bonchev–Trinajstić information content (AvgIpc) is 3.05. The Labute approximate surface area is 144 Å². The topological polar surface area (TPSA) is 62.2 Å². The zero-order chi connectivity index (χ0) is 17.1. The Balaban J connectivity index is 1.80. The van der Waals surface area contributed by atoms with Gasteiger partial charge in [-0.25, -0.2) is 4.98 Å². The van der Waals surface area contributed by atoms with Crippen LogP contribution in [0.4, 0.5) is 5.69 Å². The van der Waals surface area contributed by atoms with Gasteiger partial charge in [0.15, 0.2) is 0 Å². The van der Waals surface area contributed by atoms with Gasteiger partial charge >= 0.3 is 0 Å². The van der Waals surface area contributed by atoms with E-state index < -0.39 is 0 Å². The highest BCUT2D eigenvalue weighted by Crippen LogP contribution is 2.27. The molecule has 0 aliphatic rings. The Bertz CT molecular complexity index is 887. The number of amides is 1. The van der Waals surface area contributed by atoms with Gasteiger partial charge in [-0.1, -0.05) is 35.9 Å². The second kappa shape index (κ2) is 6.95. The van der Waals surface area contributed by atoms with Crippen LogP contribution in [0.15, 0.2) is 47.8 Å². The minimum absolute atomic E-state index is 0.0583. The molecule has 24 heavy (non-hydrogen) atoms. The van der Waals surface area contributed by atoms with Crippen molar-refractivity contribution in [3.05, 3.63) is 70.2 Å². The van der Waals surface area contributed by atoms with Gasteiger partial charge in [0.25, 0.3) is 5.91 Å². The summed E-state index contributed by atoms with van der Waals surface area (Å²) in [5.41, 5.74) is 5.19. The van der Waals surface area contributed by atoms with Crippen LogP contribution in [-0.4, -0.2) is 16.0 Å². The van der Waals surface area contributed by atoms with E-state index in [-0.39, 0.29) is 12.5 Å². The van der Waals surface area contributed by atoms with E-state index in [1.54, 1.807) is 29.6 Å². The van der Waals surface area contributed by atoms with Gasteiger partial charge in [-0.2, -0.15) is 0 Å². The number of aryl methyl sites for hydroxylation is 2. The molecule has 0 fully saturated rings. The fourth-order valence-corrected chi connectivity index (χ4v) is 3.39. The number of hydrogen-bond acceptors (Lipinski definition) is 4. The molecule has 0 saturated heterocycles. The minimum Gasteiger partial charge on any atom is -0.392 e. The third-order valence-electron chi connectivity index (χ3n) is 3.72. The van der Waals surface area contributed by atoms with Gasteiger partial charge in [-0.05, 0) is 37.1 Å². The van der Waals surface area contributed by atoms with E-state index in [1.807, 2.05) is 19.1 Å². The molecule has 5 heteroatoms. The first-order valence-corrected chi connectivity index (χ1v) is 8.49. The summed E-state index contributed by atoms with van der Waals surface area (Å²) < 4.78 is 0. The lowest BCUT2D eigenvalue weighted by molar-refractivity contribution is 0.102. The monoisotopic (exact) mass is 338 g/mol. The van der Waals surface area contributed by atoms with Crippen LogP contribution in [0.1, 0.15) is 27.2 Å². The molecule has 4 nitrogen and oxygen atoms in total. The minimum atomic E-state index is -0.252. The lowest BCUT2D eigenvalue weighted by atomic mass is 10.1. The normalized spacial score (nSPS) is 10.6. The number of nitrogens with one attached hydrogen (secondary N) is 1.